The van der Waals surface area contributed by atoms with E-state index < -0.39 is 5.60 Å². The van der Waals surface area contributed by atoms with Crippen molar-refractivity contribution >= 4 is 6.09 Å². The summed E-state index contributed by atoms with van der Waals surface area (Å²) in [5.74, 6) is 0.790. The Hall–Kier alpha value is -0.810. The molecule has 2 heterocycles. The fourth-order valence-electron chi connectivity index (χ4n) is 3.26. The topological polar surface area (TPSA) is 44.8 Å². The summed E-state index contributed by atoms with van der Waals surface area (Å²) in [5, 5.41) is 3.66. The highest BCUT2D eigenvalue weighted by molar-refractivity contribution is 5.68. The highest BCUT2D eigenvalue weighted by Crippen LogP contribution is 2.18. The molecule has 0 aromatic carbocycles. The molecule has 0 spiro atoms. The number of hydrogen-bond acceptors (Lipinski definition) is 4. The van der Waals surface area contributed by atoms with Gasteiger partial charge < -0.3 is 19.9 Å². The number of likely N-dealkylation sites (tertiary alicyclic amines) is 2. The molecule has 5 heteroatoms. The molecule has 2 saturated heterocycles. The van der Waals surface area contributed by atoms with Crippen LogP contribution in [0.4, 0.5) is 4.79 Å². The van der Waals surface area contributed by atoms with Crippen LogP contribution in [0.2, 0.25) is 0 Å². The molecule has 5 nitrogen and oxygen atoms in total. The van der Waals surface area contributed by atoms with E-state index in [2.05, 4.69) is 17.1 Å². The van der Waals surface area contributed by atoms with E-state index in [1.165, 1.54) is 32.5 Å². The molecule has 1 amide bonds. The van der Waals surface area contributed by atoms with Crippen LogP contribution in [0.1, 0.15) is 47.0 Å². The SMILES string of the molecule is CCN1CCC(CNC2CCN(C(=O)OC(C)(C)C)C2)CC1. The van der Waals surface area contributed by atoms with Gasteiger partial charge in [0.25, 0.3) is 0 Å². The molecule has 2 aliphatic rings. The first-order chi connectivity index (χ1) is 10.4. The predicted molar refractivity (Wildman–Crippen MR) is 89.1 cm³/mol. The highest BCUT2D eigenvalue weighted by Gasteiger charge is 2.30. The fraction of sp³-hybridized carbons (Fsp3) is 0.941. The van der Waals surface area contributed by atoms with Crippen molar-refractivity contribution in [2.75, 3.05) is 39.3 Å². The fourth-order valence-corrected chi connectivity index (χ4v) is 3.26. The van der Waals surface area contributed by atoms with Gasteiger partial charge in [-0.3, -0.25) is 0 Å². The number of amides is 1. The number of piperidine rings is 1. The molecule has 22 heavy (non-hydrogen) atoms. The lowest BCUT2D eigenvalue weighted by Gasteiger charge is -2.31. The number of hydrogen-bond donors (Lipinski definition) is 1. The second-order valence-electron chi connectivity index (χ2n) is 7.70. The summed E-state index contributed by atoms with van der Waals surface area (Å²) in [4.78, 5) is 16.4. The molecule has 2 rings (SSSR count). The summed E-state index contributed by atoms with van der Waals surface area (Å²) in [5.41, 5.74) is -0.407. The molecule has 2 fully saturated rings. The van der Waals surface area contributed by atoms with Gasteiger partial charge in [-0.2, -0.15) is 0 Å². The Labute approximate surface area is 135 Å². The highest BCUT2D eigenvalue weighted by atomic mass is 16.6. The van der Waals surface area contributed by atoms with Gasteiger partial charge in [0.2, 0.25) is 0 Å². The van der Waals surface area contributed by atoms with E-state index in [-0.39, 0.29) is 6.09 Å². The molecule has 0 radical (unpaired) electrons. The Bertz CT molecular complexity index is 359. The monoisotopic (exact) mass is 311 g/mol. The maximum absolute atomic E-state index is 12.1. The largest absolute Gasteiger partial charge is 0.444 e. The van der Waals surface area contributed by atoms with Gasteiger partial charge >= 0.3 is 6.09 Å². The average Bonchev–Trinajstić information content (AvgIpc) is 2.93. The molecule has 0 saturated carbocycles. The lowest BCUT2D eigenvalue weighted by molar-refractivity contribution is 0.0290. The van der Waals surface area contributed by atoms with Crippen LogP contribution in [0, 0.1) is 5.92 Å². The molecule has 0 aromatic heterocycles. The summed E-state index contributed by atoms with van der Waals surface area (Å²) in [6.45, 7) is 14.3. The van der Waals surface area contributed by atoms with Crippen LogP contribution < -0.4 is 5.32 Å². The van der Waals surface area contributed by atoms with Crippen LogP contribution in [0.3, 0.4) is 0 Å². The van der Waals surface area contributed by atoms with Crippen LogP contribution in [-0.4, -0.2) is 66.8 Å². The first kappa shape index (κ1) is 17.5. The van der Waals surface area contributed by atoms with Crippen LogP contribution in [0.25, 0.3) is 0 Å². The van der Waals surface area contributed by atoms with Crippen molar-refractivity contribution in [1.82, 2.24) is 15.1 Å². The van der Waals surface area contributed by atoms with E-state index in [0.29, 0.717) is 6.04 Å². The zero-order valence-electron chi connectivity index (χ0n) is 14.7. The van der Waals surface area contributed by atoms with Crippen molar-refractivity contribution in [3.63, 3.8) is 0 Å². The number of nitrogens with zero attached hydrogens (tertiary/aromatic N) is 2. The quantitative estimate of drug-likeness (QED) is 0.865. The van der Waals surface area contributed by atoms with Crippen molar-refractivity contribution in [3.05, 3.63) is 0 Å². The number of nitrogens with one attached hydrogen (secondary N) is 1. The van der Waals surface area contributed by atoms with Gasteiger partial charge in [-0.25, -0.2) is 4.79 Å². The Kier molecular flexibility index (Phi) is 6.09. The third-order valence-corrected chi connectivity index (χ3v) is 4.69. The molecule has 1 unspecified atom stereocenters. The minimum absolute atomic E-state index is 0.173. The molecular formula is C17H33N3O2. The maximum atomic E-state index is 12.1. The molecule has 1 N–H and O–H groups in total. The standard InChI is InChI=1S/C17H33N3O2/c1-5-19-9-6-14(7-10-19)12-18-15-8-11-20(13-15)16(21)22-17(2,3)4/h14-15,18H,5-13H2,1-4H3. The Morgan fingerprint density at radius 1 is 1.18 bits per heavy atom. The number of rotatable bonds is 4. The van der Waals surface area contributed by atoms with E-state index in [1.807, 2.05) is 25.7 Å². The first-order valence-corrected chi connectivity index (χ1v) is 8.81. The minimum atomic E-state index is -0.407. The Morgan fingerprint density at radius 3 is 2.45 bits per heavy atom. The van der Waals surface area contributed by atoms with Crippen LogP contribution in [0.5, 0.6) is 0 Å². The number of carbonyl (C=O) groups excluding carboxylic acids is 1. The summed E-state index contributed by atoms with van der Waals surface area (Å²) in [6, 6.07) is 0.428. The molecule has 0 bridgehead atoms. The second-order valence-corrected chi connectivity index (χ2v) is 7.70. The van der Waals surface area contributed by atoms with Gasteiger partial charge in [-0.05, 0) is 72.1 Å². The van der Waals surface area contributed by atoms with Gasteiger partial charge in [-0.1, -0.05) is 6.92 Å². The molecular weight excluding hydrogens is 278 g/mol. The van der Waals surface area contributed by atoms with Crippen LogP contribution in [-0.2, 0) is 4.74 Å². The van der Waals surface area contributed by atoms with Crippen molar-refractivity contribution in [1.29, 1.82) is 0 Å². The first-order valence-electron chi connectivity index (χ1n) is 8.81. The lowest BCUT2D eigenvalue weighted by atomic mass is 9.96. The minimum Gasteiger partial charge on any atom is -0.444 e. The smallest absolute Gasteiger partial charge is 0.410 e. The molecule has 1 atom stereocenters. The average molecular weight is 311 g/mol. The Balaban J connectivity index is 1.65. The van der Waals surface area contributed by atoms with E-state index in [9.17, 15) is 4.79 Å². The molecule has 128 valence electrons. The number of ether oxygens (including phenoxy) is 1. The second kappa shape index (κ2) is 7.64. The van der Waals surface area contributed by atoms with Crippen molar-refractivity contribution < 1.29 is 9.53 Å². The lowest BCUT2D eigenvalue weighted by Crippen LogP contribution is -2.41. The van der Waals surface area contributed by atoms with E-state index in [0.717, 1.165) is 32.0 Å². The van der Waals surface area contributed by atoms with Crippen LogP contribution in [0.15, 0.2) is 0 Å². The number of carbonyl (C=O) groups is 1. The zero-order chi connectivity index (χ0) is 16.2. The zero-order valence-corrected chi connectivity index (χ0v) is 14.7. The summed E-state index contributed by atoms with van der Waals surface area (Å²) in [7, 11) is 0. The normalized spacial score (nSPS) is 24.7. The molecule has 2 aliphatic heterocycles. The summed E-state index contributed by atoms with van der Waals surface area (Å²) >= 11 is 0. The van der Waals surface area contributed by atoms with Crippen LogP contribution >= 0.6 is 0 Å². The Morgan fingerprint density at radius 2 is 1.86 bits per heavy atom. The summed E-state index contributed by atoms with van der Waals surface area (Å²) in [6.07, 6.45) is 3.45. The van der Waals surface area contributed by atoms with Gasteiger partial charge in [-0.15, -0.1) is 0 Å². The van der Waals surface area contributed by atoms with E-state index in [4.69, 9.17) is 4.74 Å². The van der Waals surface area contributed by atoms with Gasteiger partial charge in [0.15, 0.2) is 0 Å². The van der Waals surface area contributed by atoms with Gasteiger partial charge in [0.1, 0.15) is 5.60 Å². The van der Waals surface area contributed by atoms with E-state index in [1.54, 1.807) is 0 Å². The van der Waals surface area contributed by atoms with E-state index >= 15 is 0 Å². The van der Waals surface area contributed by atoms with Crippen molar-refractivity contribution in [2.24, 2.45) is 5.92 Å². The predicted octanol–water partition coefficient (Wildman–Crippen LogP) is 2.32. The maximum Gasteiger partial charge on any atom is 0.410 e. The third-order valence-electron chi connectivity index (χ3n) is 4.69. The molecule has 0 aliphatic carbocycles. The van der Waals surface area contributed by atoms with Crippen molar-refractivity contribution in [2.45, 2.75) is 58.6 Å². The van der Waals surface area contributed by atoms with Crippen molar-refractivity contribution in [3.8, 4) is 0 Å². The van der Waals surface area contributed by atoms with Gasteiger partial charge in [0, 0.05) is 19.1 Å². The van der Waals surface area contributed by atoms with Gasteiger partial charge in [0.05, 0.1) is 0 Å². The third kappa shape index (κ3) is 5.43. The molecule has 0 aromatic rings. The summed E-state index contributed by atoms with van der Waals surface area (Å²) < 4.78 is 5.44.